The average Bonchev–Trinajstić information content (AvgIpc) is 2.96. The lowest BCUT2D eigenvalue weighted by molar-refractivity contribution is 0.194. The van der Waals surface area contributed by atoms with Gasteiger partial charge in [0, 0.05) is 37.6 Å². The van der Waals surface area contributed by atoms with Crippen LogP contribution < -0.4 is 10.3 Å². The molecule has 0 aliphatic heterocycles. The summed E-state index contributed by atoms with van der Waals surface area (Å²) in [7, 11) is 2.00. The zero-order chi connectivity index (χ0) is 16.4. The first kappa shape index (κ1) is 14.9. The normalized spacial score (nSPS) is 10.7. The molecule has 0 unspecified atom stereocenters. The molecule has 23 heavy (non-hydrogen) atoms. The number of aromatic nitrogens is 2. The molecule has 118 valence electrons. The van der Waals surface area contributed by atoms with E-state index in [-0.39, 0.29) is 0 Å². The summed E-state index contributed by atoms with van der Waals surface area (Å²) in [5.41, 5.74) is 4.16. The van der Waals surface area contributed by atoms with Crippen LogP contribution in [0.25, 0.3) is 10.9 Å². The Hall–Kier alpha value is -3.02. The second kappa shape index (κ2) is 6.00. The Bertz CT molecular complexity index is 857. The summed E-state index contributed by atoms with van der Waals surface area (Å²) in [5.74, 6) is 0. The molecule has 0 bridgehead atoms. The van der Waals surface area contributed by atoms with Crippen LogP contribution in [-0.2, 0) is 6.54 Å². The van der Waals surface area contributed by atoms with E-state index in [1.165, 1.54) is 0 Å². The zero-order valence-electron chi connectivity index (χ0n) is 13.0. The third kappa shape index (κ3) is 2.96. The van der Waals surface area contributed by atoms with Gasteiger partial charge in [-0.25, -0.2) is 4.79 Å². The number of nitrogens with one attached hydrogen (secondary N) is 1. The fourth-order valence-corrected chi connectivity index (χ4v) is 2.67. The number of pyridine rings is 1. The molecule has 0 atom stereocenters. The number of amides is 1. The van der Waals surface area contributed by atoms with Crippen LogP contribution in [0.2, 0.25) is 0 Å². The first-order valence-electron chi connectivity index (χ1n) is 7.27. The number of fused-ring (bicyclic) bond motifs is 1. The average molecular weight is 310 g/mol. The molecule has 0 saturated carbocycles. The number of anilines is 1. The van der Waals surface area contributed by atoms with Crippen LogP contribution in [0.4, 0.5) is 10.5 Å². The molecule has 0 radical (unpaired) electrons. The lowest BCUT2D eigenvalue weighted by Crippen LogP contribution is -2.24. The van der Waals surface area contributed by atoms with Gasteiger partial charge in [-0.2, -0.15) is 0 Å². The number of rotatable bonds is 4. The van der Waals surface area contributed by atoms with Gasteiger partial charge in [0.2, 0.25) is 0 Å². The van der Waals surface area contributed by atoms with Gasteiger partial charge in [-0.1, -0.05) is 6.07 Å². The van der Waals surface area contributed by atoms with Gasteiger partial charge in [-0.05, 0) is 42.3 Å². The predicted octanol–water partition coefficient (Wildman–Crippen LogP) is 3.01. The van der Waals surface area contributed by atoms with Crippen LogP contribution in [0.5, 0.6) is 0 Å². The van der Waals surface area contributed by atoms with Crippen molar-refractivity contribution in [2.24, 2.45) is 0 Å². The molecule has 2 N–H and O–H groups in total. The van der Waals surface area contributed by atoms with Gasteiger partial charge in [0.05, 0.1) is 11.2 Å². The van der Waals surface area contributed by atoms with Crippen molar-refractivity contribution in [2.45, 2.75) is 13.5 Å². The van der Waals surface area contributed by atoms with Gasteiger partial charge in [-0.15, -0.1) is 0 Å². The van der Waals surface area contributed by atoms with Crippen LogP contribution >= 0.6 is 0 Å². The molecule has 3 aromatic rings. The van der Waals surface area contributed by atoms with Crippen molar-refractivity contribution in [3.8, 4) is 0 Å². The van der Waals surface area contributed by atoms with E-state index in [4.69, 9.17) is 5.11 Å². The van der Waals surface area contributed by atoms with E-state index in [2.05, 4.69) is 20.0 Å². The minimum atomic E-state index is -1.02. The summed E-state index contributed by atoms with van der Waals surface area (Å²) >= 11 is 0. The molecular weight excluding hydrogens is 292 g/mol. The largest absolute Gasteiger partial charge is 0.465 e. The van der Waals surface area contributed by atoms with Crippen molar-refractivity contribution in [2.75, 3.05) is 12.1 Å². The maximum atomic E-state index is 10.6. The number of nitrogens with zero attached hydrogens (tertiary/aromatic N) is 3. The summed E-state index contributed by atoms with van der Waals surface area (Å²) in [5, 5.41) is 14.2. The number of carbonyl (C=O) groups is 1. The summed E-state index contributed by atoms with van der Waals surface area (Å²) in [4.78, 5) is 14.7. The first-order valence-corrected chi connectivity index (χ1v) is 7.27. The first-order chi connectivity index (χ1) is 11.1. The maximum absolute atomic E-state index is 10.6. The topological polar surface area (TPSA) is 70.4 Å². The van der Waals surface area contributed by atoms with Crippen molar-refractivity contribution in [3.05, 3.63) is 60.0 Å². The van der Waals surface area contributed by atoms with Gasteiger partial charge in [0.25, 0.3) is 0 Å². The van der Waals surface area contributed by atoms with Crippen molar-refractivity contribution in [1.82, 2.24) is 15.0 Å². The fraction of sp³-hybridized carbons (Fsp3) is 0.176. The molecule has 3 rings (SSSR count). The molecule has 1 amide bonds. The monoisotopic (exact) mass is 310 g/mol. The summed E-state index contributed by atoms with van der Waals surface area (Å²) in [6, 6.07) is 9.93. The molecule has 6 nitrogen and oxygen atoms in total. The SMILES string of the molecule is Cc1cnccc1N(C)n1ccc2cc(CNC(=O)O)ccc21. The lowest BCUT2D eigenvalue weighted by atomic mass is 10.1. The van der Waals surface area contributed by atoms with Gasteiger partial charge >= 0.3 is 6.09 Å². The molecule has 0 aliphatic carbocycles. The minimum absolute atomic E-state index is 0.301. The molecule has 1 aromatic carbocycles. The fourth-order valence-electron chi connectivity index (χ4n) is 2.67. The van der Waals surface area contributed by atoms with Gasteiger partial charge in [0.1, 0.15) is 0 Å². The molecular formula is C17H18N4O2. The number of carboxylic acid groups (broad SMARTS) is 1. The Morgan fingerprint density at radius 2 is 2.17 bits per heavy atom. The van der Waals surface area contributed by atoms with Crippen LogP contribution in [-0.4, -0.2) is 27.9 Å². The van der Waals surface area contributed by atoms with Crippen LogP contribution in [0, 0.1) is 6.92 Å². The van der Waals surface area contributed by atoms with E-state index in [0.29, 0.717) is 6.54 Å². The van der Waals surface area contributed by atoms with Crippen molar-refractivity contribution < 1.29 is 9.90 Å². The highest BCUT2D eigenvalue weighted by Gasteiger charge is 2.10. The van der Waals surface area contributed by atoms with Crippen LogP contribution in [0.15, 0.2) is 48.9 Å². The number of aryl methyl sites for hydroxylation is 1. The Morgan fingerprint density at radius 1 is 1.35 bits per heavy atom. The van der Waals surface area contributed by atoms with E-state index >= 15 is 0 Å². The van der Waals surface area contributed by atoms with Crippen LogP contribution in [0.1, 0.15) is 11.1 Å². The molecule has 2 heterocycles. The predicted molar refractivity (Wildman–Crippen MR) is 89.6 cm³/mol. The zero-order valence-corrected chi connectivity index (χ0v) is 13.0. The third-order valence-electron chi connectivity index (χ3n) is 3.84. The van der Waals surface area contributed by atoms with Crippen LogP contribution in [0.3, 0.4) is 0 Å². The lowest BCUT2D eigenvalue weighted by Gasteiger charge is -2.23. The highest BCUT2D eigenvalue weighted by atomic mass is 16.4. The number of benzene rings is 1. The quantitative estimate of drug-likeness (QED) is 0.777. The Morgan fingerprint density at radius 3 is 2.91 bits per heavy atom. The smallest absolute Gasteiger partial charge is 0.404 e. The van der Waals surface area contributed by atoms with Gasteiger partial charge < -0.3 is 10.4 Å². The maximum Gasteiger partial charge on any atom is 0.404 e. The van der Waals surface area contributed by atoms with E-state index < -0.39 is 6.09 Å². The molecule has 6 heteroatoms. The summed E-state index contributed by atoms with van der Waals surface area (Å²) < 4.78 is 2.06. The second-order valence-corrected chi connectivity index (χ2v) is 5.40. The third-order valence-corrected chi connectivity index (χ3v) is 3.84. The summed E-state index contributed by atoms with van der Waals surface area (Å²) in [6.45, 7) is 2.33. The van der Waals surface area contributed by atoms with Crippen molar-refractivity contribution in [1.29, 1.82) is 0 Å². The Kier molecular flexibility index (Phi) is 3.89. The van der Waals surface area contributed by atoms with Gasteiger partial charge in [0.15, 0.2) is 0 Å². The van der Waals surface area contributed by atoms with Crippen molar-refractivity contribution >= 4 is 22.7 Å². The van der Waals surface area contributed by atoms with Gasteiger partial charge in [-0.3, -0.25) is 14.7 Å². The highest BCUT2D eigenvalue weighted by molar-refractivity contribution is 5.82. The minimum Gasteiger partial charge on any atom is -0.465 e. The van der Waals surface area contributed by atoms with E-state index in [1.807, 2.05) is 56.7 Å². The highest BCUT2D eigenvalue weighted by Crippen LogP contribution is 2.23. The molecule has 0 saturated heterocycles. The van der Waals surface area contributed by atoms with Crippen molar-refractivity contribution in [3.63, 3.8) is 0 Å². The van der Waals surface area contributed by atoms with E-state index in [0.717, 1.165) is 27.7 Å². The molecule has 0 fully saturated rings. The molecule has 0 spiro atoms. The number of hydrogen-bond acceptors (Lipinski definition) is 3. The van der Waals surface area contributed by atoms with E-state index in [1.54, 1.807) is 6.20 Å². The number of hydrogen-bond donors (Lipinski definition) is 2. The van der Waals surface area contributed by atoms with E-state index in [9.17, 15) is 4.79 Å². The standard InChI is InChI=1S/C17H18N4O2/c1-12-10-18-7-5-15(12)20(2)21-8-6-14-9-13(3-4-16(14)21)11-19-17(22)23/h3-10,19H,11H2,1-2H3,(H,22,23). The Balaban J connectivity index is 1.93. The second-order valence-electron chi connectivity index (χ2n) is 5.40. The molecule has 0 aliphatic rings. The summed E-state index contributed by atoms with van der Waals surface area (Å²) in [6.07, 6.45) is 4.60. The molecule has 2 aromatic heterocycles. The Labute approximate surface area is 134 Å².